The first-order valence-electron chi connectivity index (χ1n) is 9.73. The molecule has 0 aliphatic heterocycles. The summed E-state index contributed by atoms with van der Waals surface area (Å²) >= 11 is 4.83. The number of pyridine rings is 1. The van der Waals surface area contributed by atoms with Crippen LogP contribution in [0.1, 0.15) is 0 Å². The summed E-state index contributed by atoms with van der Waals surface area (Å²) in [5, 5.41) is 0.968. The summed E-state index contributed by atoms with van der Waals surface area (Å²) in [7, 11) is 0. The maximum absolute atomic E-state index is 12.5. The molecule has 8 heteroatoms. The summed E-state index contributed by atoms with van der Waals surface area (Å²) in [4.78, 5) is 27.5. The van der Waals surface area contributed by atoms with Crippen LogP contribution in [0.4, 0.5) is 0 Å². The lowest BCUT2D eigenvalue weighted by Crippen LogP contribution is -2.05. The third-order valence-electron chi connectivity index (χ3n) is 4.20. The van der Waals surface area contributed by atoms with Gasteiger partial charge in [-0.2, -0.15) is 23.5 Å². The van der Waals surface area contributed by atoms with E-state index in [-0.39, 0.29) is 10.7 Å². The van der Waals surface area contributed by atoms with Crippen molar-refractivity contribution in [1.82, 2.24) is 4.98 Å². The van der Waals surface area contributed by atoms with Crippen LogP contribution in [0.2, 0.25) is 0 Å². The first-order chi connectivity index (χ1) is 15.2. The smallest absolute Gasteiger partial charge is 0.330 e. The van der Waals surface area contributed by atoms with Crippen molar-refractivity contribution in [3.05, 3.63) is 71.0 Å². The predicted octanol–water partition coefficient (Wildman–Crippen LogP) is 4.90. The molecular formula is C23H23NO4S3. The van der Waals surface area contributed by atoms with Crippen molar-refractivity contribution >= 4 is 50.9 Å². The Morgan fingerprint density at radius 2 is 1.81 bits per heavy atom. The third kappa shape index (κ3) is 7.41. The fourth-order valence-electron chi connectivity index (χ4n) is 2.70. The largest absolute Gasteiger partial charge is 0.493 e. The second-order valence-corrected chi connectivity index (χ2v) is 9.79. The normalized spacial score (nSPS) is 10.7. The minimum absolute atomic E-state index is 0.0421. The molecule has 5 nitrogen and oxygen atoms in total. The van der Waals surface area contributed by atoms with Gasteiger partial charge in [-0.1, -0.05) is 30.0 Å². The van der Waals surface area contributed by atoms with Gasteiger partial charge in [-0.3, -0.25) is 9.78 Å². The van der Waals surface area contributed by atoms with E-state index >= 15 is 0 Å². The highest BCUT2D eigenvalue weighted by atomic mass is 32.2. The molecule has 0 atom stereocenters. The highest BCUT2D eigenvalue weighted by molar-refractivity contribution is 8.02. The van der Waals surface area contributed by atoms with Gasteiger partial charge in [0.05, 0.1) is 6.61 Å². The summed E-state index contributed by atoms with van der Waals surface area (Å²) in [5.74, 6) is 4.14. The van der Waals surface area contributed by atoms with Crippen molar-refractivity contribution in [2.45, 2.75) is 0 Å². The van der Waals surface area contributed by atoms with Crippen LogP contribution >= 0.6 is 34.9 Å². The Morgan fingerprint density at radius 3 is 2.55 bits per heavy atom. The molecule has 0 saturated carbocycles. The highest BCUT2D eigenvalue weighted by Gasteiger charge is 2.07. The number of benzene rings is 1. The van der Waals surface area contributed by atoms with Crippen LogP contribution in [0.25, 0.3) is 21.2 Å². The lowest BCUT2D eigenvalue weighted by molar-refractivity contribution is -0.137. The fraction of sp³-hybridized carbons (Fsp3) is 0.261. The first-order valence-corrected chi connectivity index (χ1v) is 12.9. The average molecular weight is 474 g/mol. The van der Waals surface area contributed by atoms with Gasteiger partial charge in [0.25, 0.3) is 0 Å². The molecule has 31 heavy (non-hydrogen) atoms. The molecule has 3 rings (SSSR count). The van der Waals surface area contributed by atoms with Gasteiger partial charge in [0.1, 0.15) is 12.4 Å². The number of ether oxygens (including phenoxy) is 2. The number of hydrogen-bond donors (Lipinski definition) is 0. The summed E-state index contributed by atoms with van der Waals surface area (Å²) in [6, 6.07) is 11.4. The van der Waals surface area contributed by atoms with Gasteiger partial charge < -0.3 is 9.47 Å². The number of hydrogen-bond acceptors (Lipinski definition) is 8. The minimum Gasteiger partial charge on any atom is -0.493 e. The van der Waals surface area contributed by atoms with Crippen LogP contribution in [0.15, 0.2) is 66.2 Å². The zero-order valence-corrected chi connectivity index (χ0v) is 19.4. The lowest BCUT2D eigenvalue weighted by Gasteiger charge is -2.08. The van der Waals surface area contributed by atoms with E-state index in [9.17, 15) is 9.59 Å². The molecule has 0 amide bonds. The molecule has 0 bridgehead atoms. The molecule has 0 unspecified atom stereocenters. The van der Waals surface area contributed by atoms with E-state index in [0.29, 0.717) is 18.8 Å². The van der Waals surface area contributed by atoms with Gasteiger partial charge in [-0.05, 0) is 29.8 Å². The topological polar surface area (TPSA) is 65.5 Å². The number of fused-ring (bicyclic) bond motifs is 1. The van der Waals surface area contributed by atoms with Crippen molar-refractivity contribution in [1.29, 1.82) is 0 Å². The van der Waals surface area contributed by atoms with Gasteiger partial charge in [0, 0.05) is 57.1 Å². The Morgan fingerprint density at radius 1 is 1.06 bits per heavy atom. The van der Waals surface area contributed by atoms with E-state index < -0.39 is 0 Å². The van der Waals surface area contributed by atoms with Gasteiger partial charge in [0.2, 0.25) is 4.74 Å². The quantitative estimate of drug-likeness (QED) is 0.211. The van der Waals surface area contributed by atoms with Crippen LogP contribution in [-0.4, -0.2) is 47.2 Å². The zero-order valence-electron chi connectivity index (χ0n) is 17.0. The fourth-order valence-corrected chi connectivity index (χ4v) is 5.30. The van der Waals surface area contributed by atoms with Crippen LogP contribution in [0.5, 0.6) is 5.75 Å². The molecule has 2 aromatic heterocycles. The molecule has 1 aromatic carbocycles. The Labute approximate surface area is 193 Å². The Balaban J connectivity index is 1.37. The molecule has 0 radical (unpaired) electrons. The standard InChI is InChI=1S/C23H23NO4S3/c1-2-22(25)28-10-12-30-14-13-29-11-9-27-19-5-3-17(4-6-19)20-15-18-16-24-8-7-21(18)31-23(20)26/h2-8,15-16H,1,9-14H2. The summed E-state index contributed by atoms with van der Waals surface area (Å²) in [6.45, 7) is 4.41. The molecule has 162 valence electrons. The second kappa shape index (κ2) is 12.5. The Bertz CT molecular complexity index is 1070. The molecule has 0 aliphatic rings. The van der Waals surface area contributed by atoms with Crippen molar-refractivity contribution in [2.75, 3.05) is 36.2 Å². The van der Waals surface area contributed by atoms with Crippen LogP contribution in [0, 0.1) is 0 Å². The monoisotopic (exact) mass is 473 g/mol. The third-order valence-corrected chi connectivity index (χ3v) is 7.36. The number of esters is 1. The predicted molar refractivity (Wildman–Crippen MR) is 133 cm³/mol. The van der Waals surface area contributed by atoms with E-state index in [1.165, 1.54) is 17.4 Å². The molecule has 0 aliphatic carbocycles. The minimum atomic E-state index is -0.372. The second-order valence-electron chi connectivity index (χ2n) is 6.33. The van der Waals surface area contributed by atoms with E-state index in [2.05, 4.69) is 11.6 Å². The summed E-state index contributed by atoms with van der Waals surface area (Å²) < 4.78 is 11.7. The first kappa shape index (κ1) is 23.4. The zero-order chi connectivity index (χ0) is 21.9. The van der Waals surface area contributed by atoms with E-state index in [0.717, 1.165) is 44.4 Å². The van der Waals surface area contributed by atoms with Gasteiger partial charge in [-0.25, -0.2) is 4.79 Å². The molecule has 2 heterocycles. The van der Waals surface area contributed by atoms with Crippen molar-refractivity contribution in [2.24, 2.45) is 0 Å². The molecule has 0 spiro atoms. The molecule has 0 N–H and O–H groups in total. The number of nitrogens with zero attached hydrogens (tertiary/aromatic N) is 1. The average Bonchev–Trinajstić information content (AvgIpc) is 2.80. The van der Waals surface area contributed by atoms with E-state index in [4.69, 9.17) is 9.47 Å². The lowest BCUT2D eigenvalue weighted by atomic mass is 10.1. The van der Waals surface area contributed by atoms with Crippen LogP contribution < -0.4 is 9.48 Å². The highest BCUT2D eigenvalue weighted by Crippen LogP contribution is 2.25. The molecule has 0 saturated heterocycles. The number of rotatable bonds is 12. The van der Waals surface area contributed by atoms with Gasteiger partial charge in [0.15, 0.2) is 0 Å². The van der Waals surface area contributed by atoms with Crippen molar-refractivity contribution in [3.8, 4) is 16.9 Å². The van der Waals surface area contributed by atoms with E-state index in [1.807, 2.05) is 48.2 Å². The maximum Gasteiger partial charge on any atom is 0.330 e. The van der Waals surface area contributed by atoms with Gasteiger partial charge >= 0.3 is 5.97 Å². The van der Waals surface area contributed by atoms with Gasteiger partial charge in [-0.15, -0.1) is 0 Å². The number of carbonyl (C=O) groups is 1. The van der Waals surface area contributed by atoms with Crippen molar-refractivity contribution < 1.29 is 14.3 Å². The number of carbonyl (C=O) groups excluding carboxylic acids is 1. The molecule has 3 aromatic rings. The van der Waals surface area contributed by atoms with Crippen LogP contribution in [0.3, 0.4) is 0 Å². The van der Waals surface area contributed by atoms with E-state index in [1.54, 1.807) is 24.2 Å². The van der Waals surface area contributed by atoms with Crippen molar-refractivity contribution in [3.63, 3.8) is 0 Å². The molecule has 0 fully saturated rings. The SMILES string of the molecule is C=CC(=O)OCCSCCSCCOc1ccc(-c2cc3cnccc3sc2=O)cc1. The number of aromatic nitrogens is 1. The maximum atomic E-state index is 12.5. The Kier molecular flexibility index (Phi) is 9.45. The summed E-state index contributed by atoms with van der Waals surface area (Å²) in [5.41, 5.74) is 1.56. The van der Waals surface area contributed by atoms with Crippen LogP contribution in [-0.2, 0) is 9.53 Å². The summed E-state index contributed by atoms with van der Waals surface area (Å²) in [6.07, 6.45) is 4.65. The Hall–Kier alpha value is -2.29. The molecular weight excluding hydrogens is 450 g/mol. The number of thioether (sulfide) groups is 2.